The summed E-state index contributed by atoms with van der Waals surface area (Å²) in [6, 6.07) is 5.13. The maximum atomic E-state index is 11.8. The van der Waals surface area contributed by atoms with Crippen molar-refractivity contribution in [2.24, 2.45) is 0 Å². The van der Waals surface area contributed by atoms with Gasteiger partial charge in [0.15, 0.2) is 0 Å². The van der Waals surface area contributed by atoms with E-state index in [0.29, 0.717) is 30.2 Å². The van der Waals surface area contributed by atoms with Crippen LogP contribution in [-0.4, -0.2) is 19.1 Å². The number of nitrogen functional groups attached to an aromatic ring is 1. The van der Waals surface area contributed by atoms with Crippen molar-refractivity contribution in [1.29, 1.82) is 0 Å². The lowest BCUT2D eigenvalue weighted by atomic mass is 10.1. The molecule has 0 saturated carbocycles. The zero-order valence-corrected chi connectivity index (χ0v) is 11.2. The van der Waals surface area contributed by atoms with Crippen LogP contribution < -0.4 is 15.8 Å². The van der Waals surface area contributed by atoms with E-state index in [0.717, 1.165) is 19.3 Å². The van der Waals surface area contributed by atoms with E-state index in [9.17, 15) is 4.79 Å². The van der Waals surface area contributed by atoms with Crippen LogP contribution in [-0.2, 0) is 0 Å². The quantitative estimate of drug-likeness (QED) is 0.577. The molecule has 18 heavy (non-hydrogen) atoms. The minimum Gasteiger partial charge on any atom is -0.491 e. The number of carbonyl (C=O) groups excluding carboxylic acids is 1. The molecule has 3 N–H and O–H groups in total. The third-order valence-corrected chi connectivity index (χ3v) is 2.55. The first kappa shape index (κ1) is 14.4. The molecular weight excluding hydrogens is 228 g/mol. The van der Waals surface area contributed by atoms with Gasteiger partial charge in [-0.05, 0) is 31.0 Å². The summed E-state index contributed by atoms with van der Waals surface area (Å²) in [5, 5.41) is 2.87. The Bertz CT molecular complexity index is 391. The number of amides is 1. The van der Waals surface area contributed by atoms with E-state index in [4.69, 9.17) is 10.5 Å². The Balaban J connectivity index is 2.68. The topological polar surface area (TPSA) is 64.4 Å². The van der Waals surface area contributed by atoms with Crippen molar-refractivity contribution in [3.63, 3.8) is 0 Å². The largest absolute Gasteiger partial charge is 0.491 e. The molecule has 0 atom stereocenters. The van der Waals surface area contributed by atoms with Gasteiger partial charge < -0.3 is 15.8 Å². The Morgan fingerprint density at radius 2 is 2.11 bits per heavy atom. The van der Waals surface area contributed by atoms with Crippen LogP contribution in [0.2, 0.25) is 0 Å². The molecule has 0 bridgehead atoms. The lowest BCUT2D eigenvalue weighted by Gasteiger charge is -2.10. The molecule has 0 spiro atoms. The molecule has 0 aliphatic heterocycles. The second-order valence-electron chi connectivity index (χ2n) is 4.21. The van der Waals surface area contributed by atoms with Crippen LogP contribution in [0.25, 0.3) is 0 Å². The molecule has 0 unspecified atom stereocenters. The second-order valence-corrected chi connectivity index (χ2v) is 4.21. The fraction of sp³-hybridized carbons (Fsp3) is 0.500. The van der Waals surface area contributed by atoms with Gasteiger partial charge in [-0.3, -0.25) is 4.79 Å². The van der Waals surface area contributed by atoms with Gasteiger partial charge >= 0.3 is 0 Å². The van der Waals surface area contributed by atoms with Crippen LogP contribution in [0, 0.1) is 0 Å². The van der Waals surface area contributed by atoms with Gasteiger partial charge in [0.1, 0.15) is 5.75 Å². The summed E-state index contributed by atoms with van der Waals surface area (Å²) < 4.78 is 5.50. The van der Waals surface area contributed by atoms with Crippen molar-refractivity contribution in [3.8, 4) is 5.75 Å². The average molecular weight is 250 g/mol. The number of hydrogen-bond acceptors (Lipinski definition) is 3. The Hall–Kier alpha value is -1.71. The molecule has 0 aliphatic carbocycles. The van der Waals surface area contributed by atoms with Gasteiger partial charge in [0.2, 0.25) is 0 Å². The summed E-state index contributed by atoms with van der Waals surface area (Å²) in [4.78, 5) is 11.8. The van der Waals surface area contributed by atoms with E-state index >= 15 is 0 Å². The van der Waals surface area contributed by atoms with Crippen molar-refractivity contribution in [2.75, 3.05) is 18.9 Å². The van der Waals surface area contributed by atoms with E-state index in [1.54, 1.807) is 18.2 Å². The minimum absolute atomic E-state index is 0.0789. The summed E-state index contributed by atoms with van der Waals surface area (Å²) >= 11 is 0. The Kier molecular flexibility index (Phi) is 6.05. The van der Waals surface area contributed by atoms with E-state index in [2.05, 4.69) is 12.2 Å². The van der Waals surface area contributed by atoms with Gasteiger partial charge in [0, 0.05) is 12.1 Å². The molecule has 0 aromatic heterocycles. The number of nitrogens with one attached hydrogen (secondary N) is 1. The summed E-state index contributed by atoms with van der Waals surface area (Å²) in [5.74, 6) is 0.504. The molecule has 1 aromatic rings. The third-order valence-electron chi connectivity index (χ3n) is 2.55. The van der Waals surface area contributed by atoms with Gasteiger partial charge in [0.25, 0.3) is 5.91 Å². The summed E-state index contributed by atoms with van der Waals surface area (Å²) in [6.45, 7) is 5.42. The average Bonchev–Trinajstić information content (AvgIpc) is 2.38. The number of unbranched alkanes of at least 4 members (excludes halogenated alkanes) is 1. The lowest BCUT2D eigenvalue weighted by molar-refractivity contribution is 0.0952. The molecule has 1 rings (SSSR count). The van der Waals surface area contributed by atoms with Gasteiger partial charge in [-0.1, -0.05) is 20.3 Å². The molecule has 0 fully saturated rings. The highest BCUT2D eigenvalue weighted by atomic mass is 16.5. The number of benzene rings is 1. The van der Waals surface area contributed by atoms with Gasteiger partial charge in [-0.2, -0.15) is 0 Å². The van der Waals surface area contributed by atoms with Gasteiger partial charge in [0.05, 0.1) is 12.3 Å². The predicted octanol–water partition coefficient (Wildman–Crippen LogP) is 2.59. The van der Waals surface area contributed by atoms with Crippen molar-refractivity contribution in [3.05, 3.63) is 23.8 Å². The monoisotopic (exact) mass is 250 g/mol. The normalized spacial score (nSPS) is 10.1. The lowest BCUT2D eigenvalue weighted by Crippen LogP contribution is -2.24. The highest BCUT2D eigenvalue weighted by molar-refractivity contribution is 5.95. The Morgan fingerprint density at radius 3 is 2.78 bits per heavy atom. The number of anilines is 1. The highest BCUT2D eigenvalue weighted by Gasteiger charge is 2.08. The molecule has 4 heteroatoms. The highest BCUT2D eigenvalue weighted by Crippen LogP contribution is 2.22. The van der Waals surface area contributed by atoms with Crippen LogP contribution in [0.1, 0.15) is 43.5 Å². The fourth-order valence-corrected chi connectivity index (χ4v) is 1.49. The van der Waals surface area contributed by atoms with Crippen LogP contribution in [0.3, 0.4) is 0 Å². The van der Waals surface area contributed by atoms with E-state index in [1.807, 2.05) is 6.92 Å². The Labute approximate surface area is 109 Å². The van der Waals surface area contributed by atoms with Crippen molar-refractivity contribution in [1.82, 2.24) is 5.32 Å². The summed E-state index contributed by atoms with van der Waals surface area (Å²) in [6.07, 6.45) is 2.96. The minimum atomic E-state index is -0.0789. The molecule has 0 saturated heterocycles. The number of rotatable bonds is 7. The fourth-order valence-electron chi connectivity index (χ4n) is 1.49. The first-order chi connectivity index (χ1) is 8.69. The molecule has 0 heterocycles. The van der Waals surface area contributed by atoms with Crippen molar-refractivity contribution >= 4 is 11.6 Å². The molecule has 100 valence electrons. The smallest absolute Gasteiger partial charge is 0.251 e. The molecule has 1 amide bonds. The van der Waals surface area contributed by atoms with E-state index < -0.39 is 0 Å². The maximum Gasteiger partial charge on any atom is 0.251 e. The van der Waals surface area contributed by atoms with Gasteiger partial charge in [-0.25, -0.2) is 0 Å². The number of carbonyl (C=O) groups is 1. The van der Waals surface area contributed by atoms with Crippen molar-refractivity contribution in [2.45, 2.75) is 33.1 Å². The number of nitrogens with two attached hydrogens (primary N) is 1. The summed E-state index contributed by atoms with van der Waals surface area (Å²) in [5.41, 5.74) is 6.95. The second kappa shape index (κ2) is 7.58. The number of ether oxygens (including phenoxy) is 1. The standard InChI is InChI=1S/C14H22N2O2/c1-3-5-8-16-14(17)11-6-7-12(15)13(10-11)18-9-4-2/h6-7,10H,3-5,8-9,15H2,1-2H3,(H,16,17). The molecular formula is C14H22N2O2. The molecule has 4 nitrogen and oxygen atoms in total. The van der Waals surface area contributed by atoms with Gasteiger partial charge in [-0.15, -0.1) is 0 Å². The SMILES string of the molecule is CCCCNC(=O)c1ccc(N)c(OCCC)c1. The predicted molar refractivity (Wildman–Crippen MR) is 73.9 cm³/mol. The zero-order valence-electron chi connectivity index (χ0n) is 11.2. The van der Waals surface area contributed by atoms with Crippen LogP contribution in [0.15, 0.2) is 18.2 Å². The zero-order chi connectivity index (χ0) is 13.4. The summed E-state index contributed by atoms with van der Waals surface area (Å²) in [7, 11) is 0. The van der Waals surface area contributed by atoms with Crippen LogP contribution in [0.4, 0.5) is 5.69 Å². The van der Waals surface area contributed by atoms with E-state index in [1.165, 1.54) is 0 Å². The molecule has 1 aromatic carbocycles. The van der Waals surface area contributed by atoms with Crippen molar-refractivity contribution < 1.29 is 9.53 Å². The number of hydrogen-bond donors (Lipinski definition) is 2. The third kappa shape index (κ3) is 4.28. The molecule has 0 radical (unpaired) electrons. The van der Waals surface area contributed by atoms with Crippen LogP contribution in [0.5, 0.6) is 5.75 Å². The van der Waals surface area contributed by atoms with E-state index in [-0.39, 0.29) is 5.91 Å². The first-order valence-electron chi connectivity index (χ1n) is 6.49. The Morgan fingerprint density at radius 1 is 1.33 bits per heavy atom. The van der Waals surface area contributed by atoms with Crippen LogP contribution >= 0.6 is 0 Å². The molecule has 0 aliphatic rings. The first-order valence-corrected chi connectivity index (χ1v) is 6.49. The maximum absolute atomic E-state index is 11.8.